The van der Waals surface area contributed by atoms with Crippen LogP contribution in [0.4, 0.5) is 0 Å². The van der Waals surface area contributed by atoms with E-state index in [0.29, 0.717) is 17.0 Å². The van der Waals surface area contributed by atoms with Crippen LogP contribution in [0.25, 0.3) is 0 Å². The molecule has 0 spiro atoms. The predicted molar refractivity (Wildman–Crippen MR) is 74.7 cm³/mol. The zero-order valence-electron chi connectivity index (χ0n) is 11.4. The third kappa shape index (κ3) is 3.36. The SMILES string of the molecule is CC(C)(NC(=O)c1ccccc1C#CCO)C1CC1. The van der Waals surface area contributed by atoms with Crippen LogP contribution in [-0.4, -0.2) is 23.2 Å². The molecule has 3 heteroatoms. The van der Waals surface area contributed by atoms with Gasteiger partial charge in [0.15, 0.2) is 0 Å². The van der Waals surface area contributed by atoms with Gasteiger partial charge in [0.25, 0.3) is 5.91 Å². The van der Waals surface area contributed by atoms with E-state index in [4.69, 9.17) is 5.11 Å². The van der Waals surface area contributed by atoms with E-state index in [1.165, 1.54) is 12.8 Å². The van der Waals surface area contributed by atoms with Gasteiger partial charge in [-0.2, -0.15) is 0 Å². The van der Waals surface area contributed by atoms with E-state index < -0.39 is 0 Å². The highest BCUT2D eigenvalue weighted by molar-refractivity contribution is 5.97. The predicted octanol–water partition coefficient (Wildman–Crippen LogP) is 1.95. The van der Waals surface area contributed by atoms with Crippen molar-refractivity contribution in [3.05, 3.63) is 35.4 Å². The number of hydrogen-bond donors (Lipinski definition) is 2. The summed E-state index contributed by atoms with van der Waals surface area (Å²) in [5, 5.41) is 11.8. The molecule has 0 bridgehead atoms. The topological polar surface area (TPSA) is 49.3 Å². The summed E-state index contributed by atoms with van der Waals surface area (Å²) in [6.07, 6.45) is 2.36. The molecular weight excluding hydrogens is 238 g/mol. The van der Waals surface area contributed by atoms with E-state index in [-0.39, 0.29) is 18.1 Å². The van der Waals surface area contributed by atoms with Crippen LogP contribution < -0.4 is 5.32 Å². The molecule has 0 saturated heterocycles. The molecule has 0 atom stereocenters. The van der Waals surface area contributed by atoms with Crippen LogP contribution in [0.1, 0.15) is 42.6 Å². The Balaban J connectivity index is 2.19. The molecule has 1 aliphatic rings. The van der Waals surface area contributed by atoms with Gasteiger partial charge in [-0.05, 0) is 44.7 Å². The fraction of sp³-hybridized carbons (Fsp3) is 0.438. The first-order chi connectivity index (χ1) is 9.04. The first-order valence-electron chi connectivity index (χ1n) is 6.56. The molecule has 0 radical (unpaired) electrons. The van der Waals surface area contributed by atoms with Crippen molar-refractivity contribution in [2.45, 2.75) is 32.2 Å². The molecule has 19 heavy (non-hydrogen) atoms. The summed E-state index contributed by atoms with van der Waals surface area (Å²) in [5.74, 6) is 5.88. The first kappa shape index (κ1) is 13.6. The maximum absolute atomic E-state index is 12.3. The van der Waals surface area contributed by atoms with Gasteiger partial charge in [-0.1, -0.05) is 24.0 Å². The zero-order chi connectivity index (χ0) is 13.9. The Bertz CT molecular complexity index is 533. The molecule has 1 saturated carbocycles. The third-order valence-corrected chi connectivity index (χ3v) is 3.51. The highest BCUT2D eigenvalue weighted by atomic mass is 16.2. The molecule has 1 fully saturated rings. The fourth-order valence-electron chi connectivity index (χ4n) is 2.19. The number of rotatable bonds is 3. The second kappa shape index (κ2) is 5.46. The van der Waals surface area contributed by atoms with E-state index in [9.17, 15) is 4.79 Å². The Hall–Kier alpha value is -1.79. The van der Waals surface area contributed by atoms with Crippen LogP contribution in [0.2, 0.25) is 0 Å². The molecule has 0 aliphatic heterocycles. The third-order valence-electron chi connectivity index (χ3n) is 3.51. The summed E-state index contributed by atoms with van der Waals surface area (Å²) in [7, 11) is 0. The van der Waals surface area contributed by atoms with Crippen LogP contribution in [0, 0.1) is 17.8 Å². The minimum Gasteiger partial charge on any atom is -0.384 e. The zero-order valence-corrected chi connectivity index (χ0v) is 11.4. The van der Waals surface area contributed by atoms with E-state index in [2.05, 4.69) is 31.0 Å². The van der Waals surface area contributed by atoms with Gasteiger partial charge < -0.3 is 10.4 Å². The average Bonchev–Trinajstić information content (AvgIpc) is 3.20. The Labute approximate surface area is 114 Å². The van der Waals surface area contributed by atoms with E-state index in [1.807, 2.05) is 12.1 Å². The Kier molecular flexibility index (Phi) is 3.92. The average molecular weight is 257 g/mol. The number of nitrogens with one attached hydrogen (secondary N) is 1. The van der Waals surface area contributed by atoms with Gasteiger partial charge in [-0.3, -0.25) is 4.79 Å². The molecule has 3 nitrogen and oxygen atoms in total. The van der Waals surface area contributed by atoms with Crippen LogP contribution in [0.5, 0.6) is 0 Å². The van der Waals surface area contributed by atoms with Gasteiger partial charge in [-0.15, -0.1) is 0 Å². The van der Waals surface area contributed by atoms with Crippen molar-refractivity contribution in [3.8, 4) is 11.8 Å². The Morgan fingerprint density at radius 3 is 2.74 bits per heavy atom. The number of aliphatic hydroxyl groups excluding tert-OH is 1. The second-order valence-corrected chi connectivity index (χ2v) is 5.46. The van der Waals surface area contributed by atoms with Crippen molar-refractivity contribution in [3.63, 3.8) is 0 Å². The summed E-state index contributed by atoms with van der Waals surface area (Å²) in [5.41, 5.74) is 1.05. The molecule has 1 amide bonds. The smallest absolute Gasteiger partial charge is 0.252 e. The lowest BCUT2D eigenvalue weighted by molar-refractivity contribution is 0.0903. The van der Waals surface area contributed by atoms with Gasteiger partial charge in [0, 0.05) is 11.1 Å². The number of carbonyl (C=O) groups excluding carboxylic acids is 1. The Morgan fingerprint density at radius 1 is 1.42 bits per heavy atom. The number of aliphatic hydroxyl groups is 1. The van der Waals surface area contributed by atoms with Crippen molar-refractivity contribution in [1.29, 1.82) is 0 Å². The van der Waals surface area contributed by atoms with E-state index >= 15 is 0 Å². The van der Waals surface area contributed by atoms with Crippen molar-refractivity contribution in [1.82, 2.24) is 5.32 Å². The van der Waals surface area contributed by atoms with Crippen molar-refractivity contribution < 1.29 is 9.90 Å². The highest BCUT2D eigenvalue weighted by Crippen LogP contribution is 2.39. The first-order valence-corrected chi connectivity index (χ1v) is 6.56. The molecule has 1 aromatic carbocycles. The number of hydrogen-bond acceptors (Lipinski definition) is 2. The lowest BCUT2D eigenvalue weighted by atomic mass is 9.97. The highest BCUT2D eigenvalue weighted by Gasteiger charge is 2.38. The summed E-state index contributed by atoms with van der Waals surface area (Å²) in [6, 6.07) is 7.22. The van der Waals surface area contributed by atoms with E-state index in [1.54, 1.807) is 12.1 Å². The standard InChI is InChI=1S/C16H19NO2/c1-16(2,13-9-10-13)17-15(19)14-8-4-3-6-12(14)7-5-11-18/h3-4,6,8,13,18H,9-11H2,1-2H3,(H,17,19). The quantitative estimate of drug-likeness (QED) is 0.813. The number of carbonyl (C=O) groups is 1. The molecule has 0 heterocycles. The molecule has 1 aliphatic carbocycles. The normalized spacial score (nSPS) is 14.5. The van der Waals surface area contributed by atoms with Crippen LogP contribution in [-0.2, 0) is 0 Å². The molecule has 0 aromatic heterocycles. The van der Waals surface area contributed by atoms with Crippen LogP contribution >= 0.6 is 0 Å². The number of benzene rings is 1. The van der Waals surface area contributed by atoms with Crippen molar-refractivity contribution in [2.24, 2.45) is 5.92 Å². The molecule has 100 valence electrons. The van der Waals surface area contributed by atoms with Crippen molar-refractivity contribution in [2.75, 3.05) is 6.61 Å². The monoisotopic (exact) mass is 257 g/mol. The second-order valence-electron chi connectivity index (χ2n) is 5.46. The van der Waals surface area contributed by atoms with Crippen molar-refractivity contribution >= 4 is 5.91 Å². The Morgan fingerprint density at radius 2 is 2.11 bits per heavy atom. The fourth-order valence-corrected chi connectivity index (χ4v) is 2.19. The van der Waals surface area contributed by atoms with Gasteiger partial charge in [0.1, 0.15) is 6.61 Å². The summed E-state index contributed by atoms with van der Waals surface area (Å²) in [6.45, 7) is 3.92. The van der Waals surface area contributed by atoms with Gasteiger partial charge in [0.05, 0.1) is 5.56 Å². The summed E-state index contributed by atoms with van der Waals surface area (Å²) in [4.78, 5) is 12.3. The lowest BCUT2D eigenvalue weighted by Gasteiger charge is -2.26. The van der Waals surface area contributed by atoms with Crippen LogP contribution in [0.15, 0.2) is 24.3 Å². The van der Waals surface area contributed by atoms with Crippen LogP contribution in [0.3, 0.4) is 0 Å². The largest absolute Gasteiger partial charge is 0.384 e. The summed E-state index contributed by atoms with van der Waals surface area (Å²) >= 11 is 0. The maximum Gasteiger partial charge on any atom is 0.252 e. The van der Waals surface area contributed by atoms with Gasteiger partial charge >= 0.3 is 0 Å². The minimum absolute atomic E-state index is 0.0975. The minimum atomic E-state index is -0.205. The molecule has 1 aromatic rings. The molecule has 2 N–H and O–H groups in total. The maximum atomic E-state index is 12.3. The molecule has 2 rings (SSSR count). The lowest BCUT2D eigenvalue weighted by Crippen LogP contribution is -2.45. The molecule has 0 unspecified atom stereocenters. The van der Waals surface area contributed by atoms with E-state index in [0.717, 1.165) is 0 Å². The van der Waals surface area contributed by atoms with Gasteiger partial charge in [-0.25, -0.2) is 0 Å². The summed E-state index contributed by atoms with van der Waals surface area (Å²) < 4.78 is 0. The number of amides is 1. The van der Waals surface area contributed by atoms with Gasteiger partial charge in [0.2, 0.25) is 0 Å². The molecular formula is C16H19NO2.